The number of hydrogen-bond donors (Lipinski definition) is 2. The molecule has 12 nitrogen and oxygen atoms in total. The maximum atomic E-state index is 13.4. The molecule has 14 heteroatoms. The molecule has 3 N–H and O–H groups in total. The van der Waals surface area contributed by atoms with E-state index in [1.54, 1.807) is 17.0 Å². The van der Waals surface area contributed by atoms with Gasteiger partial charge in [0.2, 0.25) is 16.8 Å². The number of Topliss-reactive ketones (excluding diaryl/α,β-unsaturated/α-hetero) is 1. The van der Waals surface area contributed by atoms with E-state index >= 15 is 0 Å². The summed E-state index contributed by atoms with van der Waals surface area (Å²) in [5.74, 6) is 1.31. The van der Waals surface area contributed by atoms with Crippen LogP contribution in [-0.4, -0.2) is 55.6 Å². The lowest BCUT2D eigenvalue weighted by Crippen LogP contribution is -2.38. The van der Waals surface area contributed by atoms with Crippen molar-refractivity contribution < 1.29 is 28.5 Å². The van der Waals surface area contributed by atoms with Crippen LogP contribution >= 0.6 is 23.1 Å². The number of ether oxygens (including phenoxy) is 4. The van der Waals surface area contributed by atoms with Crippen molar-refractivity contribution in [2.45, 2.75) is 36.4 Å². The van der Waals surface area contributed by atoms with E-state index < -0.39 is 5.92 Å². The number of carbonyl (C=O) groups is 2. The van der Waals surface area contributed by atoms with Crippen molar-refractivity contribution in [1.29, 1.82) is 5.26 Å². The molecule has 2 aliphatic rings. The van der Waals surface area contributed by atoms with Crippen LogP contribution in [0.5, 0.6) is 23.0 Å². The molecule has 234 valence electrons. The number of hydrogen-bond acceptors (Lipinski definition) is 13. The molecule has 0 fully saturated rings. The number of methoxy groups -OCH3 is 3. The lowest BCUT2D eigenvalue weighted by Gasteiger charge is -2.38. The predicted molar refractivity (Wildman–Crippen MR) is 171 cm³/mol. The molecule has 1 aliphatic carbocycles. The minimum atomic E-state index is -0.592. The first-order chi connectivity index (χ1) is 21.8. The molecule has 5 rings (SSSR count). The average Bonchev–Trinajstić information content (AvgIpc) is 3.51. The first-order valence-corrected chi connectivity index (χ1v) is 15.9. The zero-order chi connectivity index (χ0) is 32.1. The van der Waals surface area contributed by atoms with Crippen molar-refractivity contribution in [2.75, 3.05) is 43.9 Å². The molecule has 0 spiro atoms. The normalized spacial score (nSPS) is 16.2. The van der Waals surface area contributed by atoms with Gasteiger partial charge in [0, 0.05) is 35.5 Å². The molecule has 2 aromatic carbocycles. The van der Waals surface area contributed by atoms with Gasteiger partial charge in [-0.25, -0.2) is 0 Å². The van der Waals surface area contributed by atoms with Gasteiger partial charge in [-0.3, -0.25) is 14.5 Å². The molecule has 1 amide bonds. The molecule has 0 saturated carbocycles. The lowest BCUT2D eigenvalue weighted by atomic mass is 9.76. The first-order valence-electron chi connectivity index (χ1n) is 14.1. The van der Waals surface area contributed by atoms with Crippen LogP contribution in [0.25, 0.3) is 0 Å². The molecular formula is C31H32N6O6S2. The topological polar surface area (TPSA) is 162 Å². The van der Waals surface area contributed by atoms with Crippen molar-refractivity contribution in [3.05, 3.63) is 64.6 Å². The van der Waals surface area contributed by atoms with Gasteiger partial charge in [-0.1, -0.05) is 35.2 Å². The van der Waals surface area contributed by atoms with Gasteiger partial charge >= 0.3 is 0 Å². The molecule has 45 heavy (non-hydrogen) atoms. The van der Waals surface area contributed by atoms with Gasteiger partial charge in [0.05, 0.1) is 51.2 Å². The second-order valence-corrected chi connectivity index (χ2v) is 12.1. The summed E-state index contributed by atoms with van der Waals surface area (Å²) in [6, 6.07) is 12.9. The summed E-state index contributed by atoms with van der Waals surface area (Å²) in [4.78, 5) is 27.9. The van der Waals surface area contributed by atoms with Crippen molar-refractivity contribution in [2.24, 2.45) is 5.73 Å². The number of nitrogens with one attached hydrogen (secondary N) is 1. The standard InChI is InChI=1S/C31H32N6O6S2/c1-5-43-19-11-9-17(10-12-19)26-20(15-32)29(33)37(21-7-6-8-22(38)27(21)26)30-35-36-31(45-30)44-16-25(39)34-18-13-23(40-2)28(42-4)24(14-18)41-3/h9-14,26H,5-8,16,33H2,1-4H3,(H,34,39). The highest BCUT2D eigenvalue weighted by Crippen LogP contribution is 2.47. The Morgan fingerprint density at radius 3 is 2.47 bits per heavy atom. The van der Waals surface area contributed by atoms with Gasteiger partial charge < -0.3 is 30.0 Å². The predicted octanol–water partition coefficient (Wildman–Crippen LogP) is 5.00. The number of allylic oxidation sites excluding steroid dienone is 3. The fraction of sp³-hybridized carbons (Fsp3) is 0.323. The number of carbonyl (C=O) groups excluding carboxylic acids is 2. The monoisotopic (exact) mass is 648 g/mol. The van der Waals surface area contributed by atoms with E-state index in [-0.39, 0.29) is 28.8 Å². The van der Waals surface area contributed by atoms with Crippen LogP contribution in [0, 0.1) is 11.3 Å². The third-order valence-electron chi connectivity index (χ3n) is 7.30. The van der Waals surface area contributed by atoms with Gasteiger partial charge in [0.1, 0.15) is 11.6 Å². The van der Waals surface area contributed by atoms with Crippen LogP contribution < -0.4 is 34.9 Å². The summed E-state index contributed by atoms with van der Waals surface area (Å²) < 4.78 is 22.1. The largest absolute Gasteiger partial charge is 0.494 e. The molecule has 1 aromatic heterocycles. The van der Waals surface area contributed by atoms with E-state index in [0.717, 1.165) is 11.3 Å². The second kappa shape index (κ2) is 13.9. The van der Waals surface area contributed by atoms with E-state index in [4.69, 9.17) is 24.7 Å². The van der Waals surface area contributed by atoms with E-state index in [0.29, 0.717) is 69.6 Å². The highest BCUT2D eigenvalue weighted by atomic mass is 32.2. The fourth-order valence-electron chi connectivity index (χ4n) is 5.39. The summed E-state index contributed by atoms with van der Waals surface area (Å²) in [6.07, 6.45) is 1.63. The Hall–Kier alpha value is -4.74. The Balaban J connectivity index is 1.37. The van der Waals surface area contributed by atoms with Crippen LogP contribution in [-0.2, 0) is 9.59 Å². The number of amides is 1. The first kappa shape index (κ1) is 31.7. The molecule has 0 radical (unpaired) electrons. The fourth-order valence-corrected chi connectivity index (χ4v) is 7.07. The number of nitriles is 1. The molecular weight excluding hydrogens is 617 g/mol. The smallest absolute Gasteiger partial charge is 0.234 e. The van der Waals surface area contributed by atoms with Crippen LogP contribution in [0.1, 0.15) is 37.7 Å². The number of aromatic nitrogens is 2. The number of rotatable bonds is 11. The van der Waals surface area contributed by atoms with Gasteiger partial charge in [-0.05, 0) is 37.5 Å². The Morgan fingerprint density at radius 2 is 1.84 bits per heavy atom. The highest BCUT2D eigenvalue weighted by Gasteiger charge is 2.41. The molecule has 0 bridgehead atoms. The van der Waals surface area contributed by atoms with Crippen LogP contribution in [0.15, 0.2) is 63.4 Å². The quantitative estimate of drug-likeness (QED) is 0.268. The number of anilines is 2. The van der Waals surface area contributed by atoms with E-state index in [1.165, 1.54) is 44.4 Å². The summed E-state index contributed by atoms with van der Waals surface area (Å²) in [5, 5.41) is 22.1. The maximum absolute atomic E-state index is 13.4. The van der Waals surface area contributed by atoms with Gasteiger partial charge in [0.25, 0.3) is 0 Å². The molecule has 0 saturated heterocycles. The van der Waals surface area contributed by atoms with Crippen molar-refractivity contribution in [3.8, 4) is 29.1 Å². The number of thioether (sulfide) groups is 1. The van der Waals surface area contributed by atoms with Crippen LogP contribution in [0.3, 0.4) is 0 Å². The van der Waals surface area contributed by atoms with Crippen LogP contribution in [0.4, 0.5) is 10.8 Å². The molecule has 1 atom stereocenters. The average molecular weight is 649 g/mol. The Labute approximate surface area is 268 Å². The third-order valence-corrected chi connectivity index (χ3v) is 9.34. The number of nitrogens with two attached hydrogens (primary N) is 1. The van der Waals surface area contributed by atoms with Gasteiger partial charge in [-0.15, -0.1) is 10.2 Å². The molecule has 2 heterocycles. The Morgan fingerprint density at radius 1 is 1.13 bits per heavy atom. The zero-order valence-corrected chi connectivity index (χ0v) is 26.8. The Kier molecular flexibility index (Phi) is 9.80. The van der Waals surface area contributed by atoms with E-state index in [9.17, 15) is 14.9 Å². The highest BCUT2D eigenvalue weighted by molar-refractivity contribution is 8.01. The minimum absolute atomic E-state index is 0.0250. The molecule has 1 aliphatic heterocycles. The molecule has 3 aromatic rings. The van der Waals surface area contributed by atoms with Gasteiger partial charge in [0.15, 0.2) is 21.6 Å². The van der Waals surface area contributed by atoms with E-state index in [1.807, 2.05) is 31.2 Å². The second-order valence-electron chi connectivity index (χ2n) is 9.92. The van der Waals surface area contributed by atoms with Crippen molar-refractivity contribution in [3.63, 3.8) is 0 Å². The van der Waals surface area contributed by atoms with Crippen LogP contribution in [0.2, 0.25) is 0 Å². The Bertz CT molecular complexity index is 1690. The van der Waals surface area contributed by atoms with Crippen molar-refractivity contribution in [1.82, 2.24) is 10.2 Å². The zero-order valence-electron chi connectivity index (χ0n) is 25.2. The van der Waals surface area contributed by atoms with Crippen molar-refractivity contribution >= 4 is 45.6 Å². The SMILES string of the molecule is CCOc1ccc(C2C(C#N)=C(N)N(c3nnc(SCC(=O)Nc4cc(OC)c(OC)c(OC)c4)s3)C3=C2C(=O)CCC3)cc1. The third kappa shape index (κ3) is 6.40. The summed E-state index contributed by atoms with van der Waals surface area (Å²) in [5.41, 5.74) is 9.45. The molecule has 1 unspecified atom stereocenters. The summed E-state index contributed by atoms with van der Waals surface area (Å²) in [7, 11) is 4.50. The summed E-state index contributed by atoms with van der Waals surface area (Å²) in [6.45, 7) is 2.43. The number of nitrogens with zero attached hydrogens (tertiary/aromatic N) is 4. The summed E-state index contributed by atoms with van der Waals surface area (Å²) >= 11 is 2.43. The minimum Gasteiger partial charge on any atom is -0.494 e. The number of ketones is 1. The lowest BCUT2D eigenvalue weighted by molar-refractivity contribution is -0.116. The maximum Gasteiger partial charge on any atom is 0.234 e. The van der Waals surface area contributed by atoms with E-state index in [2.05, 4.69) is 21.6 Å². The van der Waals surface area contributed by atoms with Gasteiger partial charge in [-0.2, -0.15) is 5.26 Å². The number of benzene rings is 2.